The summed E-state index contributed by atoms with van der Waals surface area (Å²) in [6, 6.07) is 6.94. The van der Waals surface area contributed by atoms with Gasteiger partial charge in [0.1, 0.15) is 0 Å². The first-order chi connectivity index (χ1) is 9.04. The van der Waals surface area contributed by atoms with Crippen molar-refractivity contribution in [2.75, 3.05) is 24.8 Å². The number of carbonyl (C=O) groups is 2. The van der Waals surface area contributed by atoms with E-state index in [1.807, 2.05) is 0 Å². The number of amides is 2. The molecule has 0 unspecified atom stereocenters. The zero-order chi connectivity index (χ0) is 14.3. The quantitative estimate of drug-likeness (QED) is 0.822. The zero-order valence-corrected chi connectivity index (χ0v) is 12.2. The van der Waals surface area contributed by atoms with E-state index in [1.165, 1.54) is 4.90 Å². The fourth-order valence-corrected chi connectivity index (χ4v) is 1.78. The van der Waals surface area contributed by atoms with Gasteiger partial charge in [-0.15, -0.1) is 11.6 Å². The molecule has 0 saturated carbocycles. The summed E-state index contributed by atoms with van der Waals surface area (Å²) in [4.78, 5) is 24.8. The van der Waals surface area contributed by atoms with Gasteiger partial charge in [0.2, 0.25) is 11.8 Å². The molecule has 0 aromatic heterocycles. The summed E-state index contributed by atoms with van der Waals surface area (Å²) in [5, 5.41) is 3.13. The number of nitrogens with one attached hydrogen (secondary N) is 1. The molecular formula is C13H16Cl2N2O2. The summed E-state index contributed by atoms with van der Waals surface area (Å²) in [5.74, 6) is 0.0515. The van der Waals surface area contributed by atoms with Gasteiger partial charge in [-0.1, -0.05) is 23.7 Å². The van der Waals surface area contributed by atoms with Crippen molar-refractivity contribution >= 4 is 40.7 Å². The zero-order valence-electron chi connectivity index (χ0n) is 10.7. The molecule has 0 spiro atoms. The highest BCUT2D eigenvalue weighted by Gasteiger charge is 2.13. The fourth-order valence-electron chi connectivity index (χ4n) is 1.46. The van der Waals surface area contributed by atoms with E-state index in [0.717, 1.165) is 0 Å². The Hall–Kier alpha value is -1.26. The Morgan fingerprint density at radius 3 is 2.63 bits per heavy atom. The number of anilines is 1. The lowest BCUT2D eigenvalue weighted by atomic mass is 10.3. The van der Waals surface area contributed by atoms with E-state index in [9.17, 15) is 9.59 Å². The van der Waals surface area contributed by atoms with E-state index in [2.05, 4.69) is 5.32 Å². The number of halogens is 2. The van der Waals surface area contributed by atoms with Gasteiger partial charge < -0.3 is 10.2 Å². The van der Waals surface area contributed by atoms with Crippen molar-refractivity contribution in [3.8, 4) is 0 Å². The van der Waals surface area contributed by atoms with Crippen LogP contribution in [0.4, 0.5) is 5.69 Å². The van der Waals surface area contributed by atoms with Crippen molar-refractivity contribution in [2.24, 2.45) is 0 Å². The molecule has 1 rings (SSSR count). The van der Waals surface area contributed by atoms with Crippen molar-refractivity contribution in [2.45, 2.75) is 12.8 Å². The van der Waals surface area contributed by atoms with E-state index in [-0.39, 0.29) is 18.4 Å². The topological polar surface area (TPSA) is 49.4 Å². The van der Waals surface area contributed by atoms with E-state index >= 15 is 0 Å². The summed E-state index contributed by atoms with van der Waals surface area (Å²) in [5.41, 5.74) is 0.538. The molecule has 4 nitrogen and oxygen atoms in total. The second-order valence-electron chi connectivity index (χ2n) is 4.07. The van der Waals surface area contributed by atoms with Gasteiger partial charge in [0.05, 0.1) is 17.3 Å². The maximum atomic E-state index is 11.8. The molecule has 0 aliphatic heterocycles. The molecule has 0 aliphatic carbocycles. The van der Waals surface area contributed by atoms with Gasteiger partial charge in [-0.05, 0) is 18.6 Å². The summed E-state index contributed by atoms with van der Waals surface area (Å²) in [6.07, 6.45) is 0.955. The van der Waals surface area contributed by atoms with Gasteiger partial charge >= 0.3 is 0 Å². The minimum atomic E-state index is -0.283. The lowest BCUT2D eigenvalue weighted by Gasteiger charge is -2.16. The minimum Gasteiger partial charge on any atom is -0.336 e. The van der Waals surface area contributed by atoms with Gasteiger partial charge in [-0.2, -0.15) is 0 Å². The first kappa shape index (κ1) is 15.8. The normalized spacial score (nSPS) is 10.1. The summed E-state index contributed by atoms with van der Waals surface area (Å²) < 4.78 is 0. The van der Waals surface area contributed by atoms with Crippen LogP contribution in [0.2, 0.25) is 5.02 Å². The van der Waals surface area contributed by atoms with Crippen LogP contribution in [0.5, 0.6) is 0 Å². The number of para-hydroxylation sites is 1. The van der Waals surface area contributed by atoms with Crippen molar-refractivity contribution < 1.29 is 9.59 Å². The van der Waals surface area contributed by atoms with Crippen molar-refractivity contribution in [1.29, 1.82) is 0 Å². The van der Waals surface area contributed by atoms with Gasteiger partial charge in [-0.25, -0.2) is 0 Å². The standard InChI is InChI=1S/C13H16Cl2N2O2/c1-17(13(19)7-4-8-14)9-12(18)16-11-6-3-2-5-10(11)15/h2-3,5-6H,4,7-9H2,1H3,(H,16,18). The second kappa shape index (κ2) is 8.02. The van der Waals surface area contributed by atoms with Crippen LogP contribution in [0, 0.1) is 0 Å². The number of alkyl halides is 1. The number of nitrogens with zero attached hydrogens (tertiary/aromatic N) is 1. The Bertz CT molecular complexity index is 452. The Balaban J connectivity index is 2.47. The van der Waals surface area contributed by atoms with Crippen molar-refractivity contribution in [3.05, 3.63) is 29.3 Å². The van der Waals surface area contributed by atoms with Crippen molar-refractivity contribution in [1.82, 2.24) is 4.90 Å². The molecule has 1 aromatic carbocycles. The number of hydrogen-bond acceptors (Lipinski definition) is 2. The van der Waals surface area contributed by atoms with Crippen LogP contribution in [0.1, 0.15) is 12.8 Å². The third-order valence-electron chi connectivity index (χ3n) is 2.48. The van der Waals surface area contributed by atoms with Crippen LogP contribution >= 0.6 is 23.2 Å². The second-order valence-corrected chi connectivity index (χ2v) is 4.86. The molecule has 0 bridgehead atoms. The molecule has 0 atom stereocenters. The SMILES string of the molecule is CN(CC(=O)Nc1ccccc1Cl)C(=O)CCCCl. The van der Waals surface area contributed by atoms with Gasteiger partial charge in [0.25, 0.3) is 0 Å². The summed E-state index contributed by atoms with van der Waals surface area (Å²) >= 11 is 11.4. The maximum Gasteiger partial charge on any atom is 0.244 e. The third-order valence-corrected chi connectivity index (χ3v) is 3.08. The average Bonchev–Trinajstić information content (AvgIpc) is 2.38. The van der Waals surface area contributed by atoms with Crippen LogP contribution in [0.25, 0.3) is 0 Å². The van der Waals surface area contributed by atoms with Crippen LogP contribution in [-0.2, 0) is 9.59 Å². The van der Waals surface area contributed by atoms with Gasteiger partial charge in [0.15, 0.2) is 0 Å². The van der Waals surface area contributed by atoms with E-state index in [0.29, 0.717) is 29.4 Å². The maximum absolute atomic E-state index is 11.8. The average molecular weight is 303 g/mol. The predicted molar refractivity (Wildman–Crippen MR) is 77.7 cm³/mol. The number of carbonyl (C=O) groups excluding carboxylic acids is 2. The molecule has 0 radical (unpaired) electrons. The van der Waals surface area contributed by atoms with E-state index in [4.69, 9.17) is 23.2 Å². The smallest absolute Gasteiger partial charge is 0.244 e. The molecule has 1 aromatic rings. The molecular weight excluding hydrogens is 287 g/mol. The van der Waals surface area contributed by atoms with E-state index < -0.39 is 0 Å². The highest BCUT2D eigenvalue weighted by Crippen LogP contribution is 2.20. The molecule has 6 heteroatoms. The van der Waals surface area contributed by atoms with Crippen molar-refractivity contribution in [3.63, 3.8) is 0 Å². The van der Waals surface area contributed by atoms with Gasteiger partial charge in [-0.3, -0.25) is 9.59 Å². The monoisotopic (exact) mass is 302 g/mol. The Labute approximate surface area is 122 Å². The number of rotatable bonds is 6. The number of likely N-dealkylation sites (N-methyl/N-ethyl adjacent to an activating group) is 1. The molecule has 0 saturated heterocycles. The Morgan fingerprint density at radius 1 is 1.32 bits per heavy atom. The predicted octanol–water partition coefficient (Wildman–Crippen LogP) is 2.76. The summed E-state index contributed by atoms with van der Waals surface area (Å²) in [6.45, 7) is -0.00760. The highest BCUT2D eigenvalue weighted by molar-refractivity contribution is 6.33. The minimum absolute atomic E-state index is 0.00760. The molecule has 0 aliphatic rings. The molecule has 2 amide bonds. The number of hydrogen-bond donors (Lipinski definition) is 1. The fraction of sp³-hybridized carbons (Fsp3) is 0.385. The van der Waals surface area contributed by atoms with Crippen LogP contribution in [0.3, 0.4) is 0 Å². The summed E-state index contributed by atoms with van der Waals surface area (Å²) in [7, 11) is 1.59. The lowest BCUT2D eigenvalue weighted by Crippen LogP contribution is -2.34. The molecule has 0 heterocycles. The van der Waals surface area contributed by atoms with Crippen LogP contribution in [-0.4, -0.2) is 36.2 Å². The van der Waals surface area contributed by atoms with Gasteiger partial charge in [0, 0.05) is 19.3 Å². The van der Waals surface area contributed by atoms with E-state index in [1.54, 1.807) is 31.3 Å². The molecule has 1 N–H and O–H groups in total. The number of benzene rings is 1. The Kier molecular flexibility index (Phi) is 6.67. The first-order valence-corrected chi connectivity index (χ1v) is 6.80. The first-order valence-electron chi connectivity index (χ1n) is 5.89. The lowest BCUT2D eigenvalue weighted by molar-refractivity contribution is -0.133. The molecule has 0 fully saturated rings. The van der Waals surface area contributed by atoms with Crippen LogP contribution < -0.4 is 5.32 Å². The third kappa shape index (κ3) is 5.49. The molecule has 19 heavy (non-hydrogen) atoms. The van der Waals surface area contributed by atoms with Crippen LogP contribution in [0.15, 0.2) is 24.3 Å². The highest BCUT2D eigenvalue weighted by atomic mass is 35.5. The Morgan fingerprint density at radius 2 is 2.00 bits per heavy atom. The largest absolute Gasteiger partial charge is 0.336 e. The molecule has 104 valence electrons.